The molecule has 0 saturated heterocycles. The van der Waals surface area contributed by atoms with Gasteiger partial charge in [0.25, 0.3) is 0 Å². The second-order valence-corrected chi connectivity index (χ2v) is 2.37. The first-order valence-electron chi connectivity index (χ1n) is 3.88. The Labute approximate surface area is 72.4 Å². The van der Waals surface area contributed by atoms with E-state index in [1.807, 2.05) is 6.92 Å². The van der Waals surface area contributed by atoms with E-state index >= 15 is 0 Å². The van der Waals surface area contributed by atoms with Crippen molar-refractivity contribution in [3.05, 3.63) is 0 Å². The molecule has 0 aromatic heterocycles. The predicted octanol–water partition coefficient (Wildman–Crippen LogP) is -0.955. The van der Waals surface area contributed by atoms with Crippen molar-refractivity contribution in [2.24, 2.45) is 10.7 Å². The molecule has 0 aliphatic carbocycles. The lowest BCUT2D eigenvalue weighted by Gasteiger charge is -2.12. The summed E-state index contributed by atoms with van der Waals surface area (Å²) < 4.78 is 0. The maximum atomic E-state index is 11.1. The monoisotopic (exact) mass is 172 g/mol. The van der Waals surface area contributed by atoms with Crippen LogP contribution in [0.25, 0.3) is 0 Å². The molecule has 12 heavy (non-hydrogen) atoms. The summed E-state index contributed by atoms with van der Waals surface area (Å²) in [6.45, 7) is 4.21. The quantitative estimate of drug-likeness (QED) is 0.379. The zero-order valence-corrected chi connectivity index (χ0v) is 7.72. The van der Waals surface area contributed by atoms with Crippen LogP contribution in [0.1, 0.15) is 13.8 Å². The van der Waals surface area contributed by atoms with E-state index in [0.29, 0.717) is 6.54 Å². The molecule has 70 valence electrons. The predicted molar refractivity (Wildman–Crippen MR) is 48.8 cm³/mol. The molecule has 0 fully saturated rings. The molecule has 0 bridgehead atoms. The van der Waals surface area contributed by atoms with E-state index in [0.717, 1.165) is 0 Å². The van der Waals surface area contributed by atoms with E-state index in [2.05, 4.69) is 15.6 Å². The lowest BCUT2D eigenvalue weighted by Crippen LogP contribution is -2.47. The Bertz CT molecular complexity index is 178. The molecule has 1 unspecified atom stereocenters. The van der Waals surface area contributed by atoms with Crippen LogP contribution in [0, 0.1) is 0 Å². The summed E-state index contributed by atoms with van der Waals surface area (Å²) in [7, 11) is 1.56. The smallest absolute Gasteiger partial charge is 0.242 e. The van der Waals surface area contributed by atoms with Gasteiger partial charge in [0.05, 0.1) is 0 Å². The Morgan fingerprint density at radius 2 is 2.25 bits per heavy atom. The van der Waals surface area contributed by atoms with Crippen molar-refractivity contribution < 1.29 is 4.79 Å². The highest BCUT2D eigenvalue weighted by Crippen LogP contribution is 1.80. The van der Waals surface area contributed by atoms with E-state index in [1.54, 1.807) is 14.0 Å². The van der Waals surface area contributed by atoms with Gasteiger partial charge in [0.2, 0.25) is 5.91 Å². The second kappa shape index (κ2) is 5.40. The van der Waals surface area contributed by atoms with Crippen LogP contribution < -0.4 is 16.4 Å². The minimum atomic E-state index is -0.339. The SMILES string of the molecule is CCNC(=O)C(C)NC(N)=NC. The van der Waals surface area contributed by atoms with Gasteiger partial charge in [0.15, 0.2) is 5.96 Å². The molecule has 5 heteroatoms. The summed E-state index contributed by atoms with van der Waals surface area (Å²) in [5.41, 5.74) is 5.37. The molecular weight excluding hydrogens is 156 g/mol. The van der Waals surface area contributed by atoms with Gasteiger partial charge < -0.3 is 16.4 Å². The first kappa shape index (κ1) is 10.7. The van der Waals surface area contributed by atoms with Gasteiger partial charge >= 0.3 is 0 Å². The van der Waals surface area contributed by atoms with Crippen LogP contribution in [-0.4, -0.2) is 31.5 Å². The van der Waals surface area contributed by atoms with Gasteiger partial charge in [-0.25, -0.2) is 0 Å². The van der Waals surface area contributed by atoms with Crippen LogP contribution in [0.5, 0.6) is 0 Å². The molecule has 5 nitrogen and oxygen atoms in total. The molecule has 1 amide bonds. The van der Waals surface area contributed by atoms with Gasteiger partial charge in [-0.3, -0.25) is 9.79 Å². The number of hydrogen-bond acceptors (Lipinski definition) is 2. The molecule has 0 rings (SSSR count). The average Bonchev–Trinajstić information content (AvgIpc) is 2.04. The lowest BCUT2D eigenvalue weighted by atomic mass is 10.3. The lowest BCUT2D eigenvalue weighted by molar-refractivity contribution is -0.122. The zero-order chi connectivity index (χ0) is 9.56. The summed E-state index contributed by atoms with van der Waals surface area (Å²) in [6, 6.07) is -0.339. The van der Waals surface area contributed by atoms with Crippen LogP contribution >= 0.6 is 0 Å². The standard InChI is InChI=1S/C7H16N4O/c1-4-10-6(12)5(2)11-7(8)9-3/h5H,4H2,1-3H3,(H,10,12)(H3,8,9,11). The van der Waals surface area contributed by atoms with Crippen molar-refractivity contribution in [3.8, 4) is 0 Å². The third-order valence-electron chi connectivity index (χ3n) is 1.35. The fourth-order valence-corrected chi connectivity index (χ4v) is 0.679. The first-order valence-corrected chi connectivity index (χ1v) is 3.88. The maximum Gasteiger partial charge on any atom is 0.242 e. The Balaban J connectivity index is 3.86. The normalized spacial score (nSPS) is 13.8. The van der Waals surface area contributed by atoms with Crippen LogP contribution in [0.3, 0.4) is 0 Å². The number of nitrogens with one attached hydrogen (secondary N) is 2. The fraction of sp³-hybridized carbons (Fsp3) is 0.714. The zero-order valence-electron chi connectivity index (χ0n) is 7.72. The summed E-state index contributed by atoms with van der Waals surface area (Å²) >= 11 is 0. The first-order chi connectivity index (χ1) is 5.61. The van der Waals surface area contributed by atoms with Gasteiger partial charge in [-0.2, -0.15) is 0 Å². The highest BCUT2D eigenvalue weighted by Gasteiger charge is 2.10. The van der Waals surface area contributed by atoms with Crippen molar-refractivity contribution in [2.45, 2.75) is 19.9 Å². The van der Waals surface area contributed by atoms with E-state index in [9.17, 15) is 4.79 Å². The molecule has 0 heterocycles. The van der Waals surface area contributed by atoms with Gasteiger partial charge in [0, 0.05) is 13.6 Å². The number of guanidine groups is 1. The van der Waals surface area contributed by atoms with Crippen molar-refractivity contribution in [1.29, 1.82) is 0 Å². The molecule has 0 saturated carbocycles. The second-order valence-electron chi connectivity index (χ2n) is 2.37. The highest BCUT2D eigenvalue weighted by atomic mass is 16.2. The average molecular weight is 172 g/mol. The summed E-state index contributed by atoms with van der Waals surface area (Å²) in [6.07, 6.45) is 0. The largest absolute Gasteiger partial charge is 0.370 e. The number of amides is 1. The van der Waals surface area contributed by atoms with Crippen molar-refractivity contribution in [1.82, 2.24) is 10.6 Å². The summed E-state index contributed by atoms with van der Waals surface area (Å²) in [4.78, 5) is 14.8. The van der Waals surface area contributed by atoms with Crippen molar-refractivity contribution in [2.75, 3.05) is 13.6 Å². The van der Waals surface area contributed by atoms with Crippen LogP contribution in [-0.2, 0) is 4.79 Å². The molecule has 1 atom stereocenters. The molecule has 0 radical (unpaired) electrons. The molecular formula is C7H16N4O. The fourth-order valence-electron chi connectivity index (χ4n) is 0.679. The van der Waals surface area contributed by atoms with Crippen LogP contribution in [0.4, 0.5) is 0 Å². The van der Waals surface area contributed by atoms with E-state index < -0.39 is 0 Å². The van der Waals surface area contributed by atoms with E-state index in [4.69, 9.17) is 5.73 Å². The van der Waals surface area contributed by atoms with Crippen LogP contribution in [0.15, 0.2) is 4.99 Å². The highest BCUT2D eigenvalue weighted by molar-refractivity contribution is 5.87. The van der Waals surface area contributed by atoms with Crippen LogP contribution in [0.2, 0.25) is 0 Å². The molecule has 0 aromatic carbocycles. The third-order valence-corrected chi connectivity index (χ3v) is 1.35. The number of hydrogen-bond donors (Lipinski definition) is 3. The molecule has 0 aliphatic rings. The number of rotatable bonds is 3. The Hall–Kier alpha value is -1.26. The number of aliphatic imine (C=N–C) groups is 1. The molecule has 0 aromatic rings. The maximum absolute atomic E-state index is 11.1. The van der Waals surface area contributed by atoms with Crippen molar-refractivity contribution in [3.63, 3.8) is 0 Å². The Kier molecular flexibility index (Phi) is 4.83. The minimum Gasteiger partial charge on any atom is -0.370 e. The molecule has 0 spiro atoms. The van der Waals surface area contributed by atoms with E-state index in [1.165, 1.54) is 0 Å². The Morgan fingerprint density at radius 1 is 1.67 bits per heavy atom. The van der Waals surface area contributed by atoms with E-state index in [-0.39, 0.29) is 17.9 Å². The van der Waals surface area contributed by atoms with Gasteiger partial charge in [-0.1, -0.05) is 0 Å². The van der Waals surface area contributed by atoms with Gasteiger partial charge in [-0.15, -0.1) is 0 Å². The molecule has 0 aliphatic heterocycles. The number of nitrogens with zero attached hydrogens (tertiary/aromatic N) is 1. The third kappa shape index (κ3) is 3.80. The topological polar surface area (TPSA) is 79.5 Å². The van der Waals surface area contributed by atoms with Gasteiger partial charge in [-0.05, 0) is 13.8 Å². The number of likely N-dealkylation sites (N-methyl/N-ethyl adjacent to an activating group) is 1. The summed E-state index contributed by atoms with van der Waals surface area (Å²) in [5.74, 6) is 0.192. The van der Waals surface area contributed by atoms with Gasteiger partial charge in [0.1, 0.15) is 6.04 Å². The Morgan fingerprint density at radius 3 is 2.67 bits per heavy atom. The minimum absolute atomic E-state index is 0.0795. The van der Waals surface area contributed by atoms with Crippen molar-refractivity contribution >= 4 is 11.9 Å². The number of carbonyl (C=O) groups excluding carboxylic acids is 1. The molecule has 4 N–H and O–H groups in total. The number of carbonyl (C=O) groups is 1. The number of nitrogens with two attached hydrogens (primary N) is 1. The summed E-state index contributed by atoms with van der Waals surface area (Å²) in [5, 5.41) is 5.39.